The van der Waals surface area contributed by atoms with E-state index < -0.39 is 0 Å². The molecule has 10 heavy (non-hydrogen) atoms. The van der Waals surface area contributed by atoms with Crippen LogP contribution >= 0.6 is 0 Å². The highest BCUT2D eigenvalue weighted by molar-refractivity contribution is 4.87. The summed E-state index contributed by atoms with van der Waals surface area (Å²) in [5, 5.41) is 9.49. The fourth-order valence-electron chi connectivity index (χ4n) is 1.51. The van der Waals surface area contributed by atoms with Gasteiger partial charge >= 0.3 is 0 Å². The third-order valence-corrected chi connectivity index (χ3v) is 2.52. The van der Waals surface area contributed by atoms with Crippen molar-refractivity contribution in [1.29, 1.82) is 0 Å². The zero-order valence-electron chi connectivity index (χ0n) is 7.01. The molecule has 1 rings (SSSR count). The second-order valence-corrected chi connectivity index (χ2v) is 3.59. The molecule has 0 amide bonds. The SMILES string of the molecule is CCCC[C@H](O)[C@H]1C[C@@H]1C. The van der Waals surface area contributed by atoms with Crippen molar-refractivity contribution >= 4 is 0 Å². The highest BCUT2D eigenvalue weighted by atomic mass is 16.3. The first kappa shape index (κ1) is 8.06. The Balaban J connectivity index is 2.04. The number of aliphatic hydroxyl groups is 1. The van der Waals surface area contributed by atoms with Gasteiger partial charge in [0.1, 0.15) is 0 Å². The Morgan fingerprint density at radius 2 is 2.20 bits per heavy atom. The van der Waals surface area contributed by atoms with Gasteiger partial charge < -0.3 is 5.11 Å². The maximum atomic E-state index is 9.49. The summed E-state index contributed by atoms with van der Waals surface area (Å²) in [6.45, 7) is 4.39. The van der Waals surface area contributed by atoms with Gasteiger partial charge in [-0.15, -0.1) is 0 Å². The van der Waals surface area contributed by atoms with Gasteiger partial charge in [0.2, 0.25) is 0 Å². The van der Waals surface area contributed by atoms with Crippen LogP contribution in [0.2, 0.25) is 0 Å². The smallest absolute Gasteiger partial charge is 0.0571 e. The molecule has 1 heteroatoms. The molecule has 0 radical (unpaired) electrons. The maximum absolute atomic E-state index is 9.49. The molecule has 0 heterocycles. The van der Waals surface area contributed by atoms with Crippen LogP contribution in [-0.2, 0) is 0 Å². The Hall–Kier alpha value is -0.0400. The van der Waals surface area contributed by atoms with Crippen LogP contribution in [0.5, 0.6) is 0 Å². The third kappa shape index (κ3) is 1.98. The molecule has 0 aromatic heterocycles. The Kier molecular flexibility index (Phi) is 2.72. The van der Waals surface area contributed by atoms with Crippen LogP contribution in [-0.4, -0.2) is 11.2 Å². The van der Waals surface area contributed by atoms with Crippen LogP contribution in [0.3, 0.4) is 0 Å². The minimum Gasteiger partial charge on any atom is -0.393 e. The molecule has 1 fully saturated rings. The zero-order valence-corrected chi connectivity index (χ0v) is 7.01. The lowest BCUT2D eigenvalue weighted by Gasteiger charge is -2.07. The fraction of sp³-hybridized carbons (Fsp3) is 1.00. The Morgan fingerprint density at radius 3 is 2.60 bits per heavy atom. The van der Waals surface area contributed by atoms with E-state index in [9.17, 15) is 5.11 Å². The summed E-state index contributed by atoms with van der Waals surface area (Å²) < 4.78 is 0. The largest absolute Gasteiger partial charge is 0.393 e. The van der Waals surface area contributed by atoms with E-state index in [0.29, 0.717) is 5.92 Å². The van der Waals surface area contributed by atoms with Crippen LogP contribution in [0.4, 0.5) is 0 Å². The lowest BCUT2D eigenvalue weighted by atomic mass is 10.1. The quantitative estimate of drug-likeness (QED) is 0.638. The van der Waals surface area contributed by atoms with Crippen molar-refractivity contribution in [3.8, 4) is 0 Å². The molecule has 0 unspecified atom stereocenters. The van der Waals surface area contributed by atoms with Crippen LogP contribution in [0.1, 0.15) is 39.5 Å². The lowest BCUT2D eigenvalue weighted by molar-refractivity contribution is 0.133. The lowest BCUT2D eigenvalue weighted by Crippen LogP contribution is -2.09. The van der Waals surface area contributed by atoms with E-state index in [0.717, 1.165) is 12.3 Å². The van der Waals surface area contributed by atoms with Gasteiger partial charge in [0, 0.05) is 0 Å². The van der Waals surface area contributed by atoms with Crippen molar-refractivity contribution in [2.75, 3.05) is 0 Å². The van der Waals surface area contributed by atoms with Crippen molar-refractivity contribution in [2.24, 2.45) is 11.8 Å². The van der Waals surface area contributed by atoms with Gasteiger partial charge in [-0.3, -0.25) is 0 Å². The topological polar surface area (TPSA) is 20.2 Å². The number of aliphatic hydroxyl groups excluding tert-OH is 1. The normalized spacial score (nSPS) is 33.9. The van der Waals surface area contributed by atoms with E-state index in [-0.39, 0.29) is 6.10 Å². The molecular weight excluding hydrogens is 124 g/mol. The molecule has 1 aliphatic rings. The monoisotopic (exact) mass is 142 g/mol. The van der Waals surface area contributed by atoms with E-state index in [1.807, 2.05) is 0 Å². The van der Waals surface area contributed by atoms with Crippen LogP contribution in [0, 0.1) is 11.8 Å². The minimum absolute atomic E-state index is 0.00921. The van der Waals surface area contributed by atoms with E-state index in [1.165, 1.54) is 19.3 Å². The molecule has 60 valence electrons. The standard InChI is InChI=1S/C9H18O/c1-3-4-5-9(10)8-6-7(8)2/h7-10H,3-6H2,1-2H3/t7-,8-,9-/m0/s1. The predicted molar refractivity (Wildman–Crippen MR) is 42.8 cm³/mol. The molecule has 1 saturated carbocycles. The molecule has 0 spiro atoms. The highest BCUT2D eigenvalue weighted by Crippen LogP contribution is 2.41. The van der Waals surface area contributed by atoms with Crippen molar-refractivity contribution in [3.63, 3.8) is 0 Å². The molecule has 1 nitrogen and oxygen atoms in total. The van der Waals surface area contributed by atoms with E-state index in [1.54, 1.807) is 0 Å². The van der Waals surface area contributed by atoms with Gasteiger partial charge in [0.15, 0.2) is 0 Å². The molecule has 1 aliphatic carbocycles. The van der Waals surface area contributed by atoms with Crippen molar-refractivity contribution in [2.45, 2.75) is 45.6 Å². The Morgan fingerprint density at radius 1 is 1.60 bits per heavy atom. The molecule has 0 saturated heterocycles. The second-order valence-electron chi connectivity index (χ2n) is 3.59. The maximum Gasteiger partial charge on any atom is 0.0571 e. The van der Waals surface area contributed by atoms with Crippen molar-refractivity contribution < 1.29 is 5.11 Å². The molecule has 0 aliphatic heterocycles. The van der Waals surface area contributed by atoms with E-state index in [2.05, 4.69) is 13.8 Å². The van der Waals surface area contributed by atoms with Crippen LogP contribution < -0.4 is 0 Å². The first-order valence-corrected chi connectivity index (χ1v) is 4.43. The van der Waals surface area contributed by atoms with Crippen LogP contribution in [0.25, 0.3) is 0 Å². The van der Waals surface area contributed by atoms with Gasteiger partial charge in [-0.1, -0.05) is 26.7 Å². The van der Waals surface area contributed by atoms with E-state index in [4.69, 9.17) is 0 Å². The number of hydrogen-bond acceptors (Lipinski definition) is 1. The molecule has 0 aromatic carbocycles. The summed E-state index contributed by atoms with van der Waals surface area (Å²) in [6, 6.07) is 0. The average Bonchev–Trinajstić information content (AvgIpc) is 2.62. The minimum atomic E-state index is 0.00921. The summed E-state index contributed by atoms with van der Waals surface area (Å²) >= 11 is 0. The fourth-order valence-corrected chi connectivity index (χ4v) is 1.51. The van der Waals surface area contributed by atoms with Gasteiger partial charge in [-0.2, -0.15) is 0 Å². The van der Waals surface area contributed by atoms with Gasteiger partial charge in [-0.05, 0) is 24.7 Å². The molecule has 3 atom stereocenters. The first-order valence-electron chi connectivity index (χ1n) is 4.43. The molecule has 0 aromatic rings. The van der Waals surface area contributed by atoms with Crippen molar-refractivity contribution in [1.82, 2.24) is 0 Å². The Labute approximate surface area is 63.4 Å². The summed E-state index contributed by atoms with van der Waals surface area (Å²) in [6.07, 6.45) is 4.67. The van der Waals surface area contributed by atoms with Crippen LogP contribution in [0.15, 0.2) is 0 Å². The van der Waals surface area contributed by atoms with Gasteiger partial charge in [0.05, 0.1) is 6.10 Å². The number of hydrogen-bond donors (Lipinski definition) is 1. The molecular formula is C9H18O. The Bertz CT molecular complexity index is 101. The summed E-state index contributed by atoms with van der Waals surface area (Å²) in [5.74, 6) is 1.44. The average molecular weight is 142 g/mol. The van der Waals surface area contributed by atoms with E-state index >= 15 is 0 Å². The van der Waals surface area contributed by atoms with Crippen molar-refractivity contribution in [3.05, 3.63) is 0 Å². The number of rotatable bonds is 4. The predicted octanol–water partition coefficient (Wildman–Crippen LogP) is 2.19. The molecule has 1 N–H and O–H groups in total. The second kappa shape index (κ2) is 3.38. The summed E-state index contributed by atoms with van der Waals surface area (Å²) in [5.41, 5.74) is 0. The van der Waals surface area contributed by atoms with Gasteiger partial charge in [0.25, 0.3) is 0 Å². The summed E-state index contributed by atoms with van der Waals surface area (Å²) in [7, 11) is 0. The first-order chi connectivity index (χ1) is 4.75. The van der Waals surface area contributed by atoms with Gasteiger partial charge in [-0.25, -0.2) is 0 Å². The summed E-state index contributed by atoms with van der Waals surface area (Å²) in [4.78, 5) is 0. The highest BCUT2D eigenvalue weighted by Gasteiger charge is 2.37. The zero-order chi connectivity index (χ0) is 7.56. The number of unbranched alkanes of at least 4 members (excludes halogenated alkanes) is 1. The third-order valence-electron chi connectivity index (χ3n) is 2.52. The molecule has 0 bridgehead atoms.